The lowest BCUT2D eigenvalue weighted by Crippen LogP contribution is -2.51. The number of rotatable bonds is 7. The first-order valence-electron chi connectivity index (χ1n) is 9.71. The minimum atomic E-state index is -3.56. The predicted molar refractivity (Wildman–Crippen MR) is 114 cm³/mol. The van der Waals surface area contributed by atoms with Crippen molar-refractivity contribution in [3.63, 3.8) is 0 Å². The van der Waals surface area contributed by atoms with Gasteiger partial charge in [0.05, 0.1) is 4.90 Å². The summed E-state index contributed by atoms with van der Waals surface area (Å²) in [6, 6.07) is 13.5. The van der Waals surface area contributed by atoms with Crippen LogP contribution in [-0.2, 0) is 21.2 Å². The number of hydrogen-bond acceptors (Lipinski definition) is 4. The number of primary amides is 1. The Bertz CT molecular complexity index is 938. The number of piperazine rings is 1. The van der Waals surface area contributed by atoms with Crippen molar-refractivity contribution in [1.82, 2.24) is 9.21 Å². The van der Waals surface area contributed by atoms with Gasteiger partial charge in [0.1, 0.15) is 6.04 Å². The molecule has 1 aliphatic rings. The van der Waals surface area contributed by atoms with E-state index in [0.717, 1.165) is 24.0 Å². The Morgan fingerprint density at radius 1 is 1.03 bits per heavy atom. The Morgan fingerprint density at radius 2 is 1.62 bits per heavy atom. The van der Waals surface area contributed by atoms with Gasteiger partial charge in [-0.05, 0) is 41.8 Å². The quantitative estimate of drug-likeness (QED) is 0.724. The largest absolute Gasteiger partial charge is 0.368 e. The van der Waals surface area contributed by atoms with Crippen LogP contribution in [0.15, 0.2) is 53.4 Å². The first kappa shape index (κ1) is 21.8. The van der Waals surface area contributed by atoms with Gasteiger partial charge in [-0.1, -0.05) is 49.2 Å². The van der Waals surface area contributed by atoms with Gasteiger partial charge in [-0.25, -0.2) is 8.42 Å². The summed E-state index contributed by atoms with van der Waals surface area (Å²) in [5.74, 6) is -0.463. The molecule has 2 aromatic rings. The molecule has 6 nitrogen and oxygen atoms in total. The van der Waals surface area contributed by atoms with E-state index < -0.39 is 22.0 Å². The van der Waals surface area contributed by atoms with Crippen LogP contribution >= 0.6 is 11.6 Å². The summed E-state index contributed by atoms with van der Waals surface area (Å²) in [6.07, 6.45) is 1.95. The molecule has 8 heteroatoms. The van der Waals surface area contributed by atoms with Crippen LogP contribution in [0.2, 0.25) is 5.02 Å². The molecule has 0 saturated carbocycles. The van der Waals surface area contributed by atoms with Gasteiger partial charge in [0.2, 0.25) is 15.9 Å². The number of amides is 1. The Labute approximate surface area is 177 Å². The Kier molecular flexibility index (Phi) is 6.95. The van der Waals surface area contributed by atoms with Crippen molar-refractivity contribution in [1.29, 1.82) is 0 Å². The SMILES string of the molecule is CCCc1ccc(S(=O)(=O)N2CCN([C@H](C(N)=O)c3ccc(Cl)cc3)CC2)cc1. The summed E-state index contributed by atoms with van der Waals surface area (Å²) >= 11 is 5.93. The zero-order valence-corrected chi connectivity index (χ0v) is 18.0. The summed E-state index contributed by atoms with van der Waals surface area (Å²) in [7, 11) is -3.56. The van der Waals surface area contributed by atoms with Gasteiger partial charge in [-0.15, -0.1) is 0 Å². The van der Waals surface area contributed by atoms with E-state index in [2.05, 4.69) is 6.92 Å². The standard InChI is InChI=1S/C21H26ClN3O3S/c1-2-3-16-4-10-19(11-5-16)29(27,28)25-14-12-24(13-15-25)20(21(23)26)17-6-8-18(22)9-7-17/h4-11,20H,2-3,12-15H2,1H3,(H2,23,26)/t20-/m0/s1. The van der Waals surface area contributed by atoms with Gasteiger partial charge in [-0.3, -0.25) is 9.69 Å². The van der Waals surface area contributed by atoms with Gasteiger partial charge in [-0.2, -0.15) is 4.31 Å². The lowest BCUT2D eigenvalue weighted by molar-refractivity contribution is -0.124. The molecule has 0 bridgehead atoms. The molecule has 1 heterocycles. The number of benzene rings is 2. The highest BCUT2D eigenvalue weighted by molar-refractivity contribution is 7.89. The zero-order chi connectivity index (χ0) is 21.0. The van der Waals surface area contributed by atoms with Gasteiger partial charge in [0.25, 0.3) is 0 Å². The van der Waals surface area contributed by atoms with E-state index in [9.17, 15) is 13.2 Å². The molecule has 0 radical (unpaired) electrons. The number of nitrogens with zero attached hydrogens (tertiary/aromatic N) is 2. The van der Waals surface area contributed by atoms with Gasteiger partial charge in [0.15, 0.2) is 0 Å². The van der Waals surface area contributed by atoms with Crippen LogP contribution in [0, 0.1) is 0 Å². The van der Waals surface area contributed by atoms with Gasteiger partial charge >= 0.3 is 0 Å². The highest BCUT2D eigenvalue weighted by Gasteiger charge is 2.33. The fraction of sp³-hybridized carbons (Fsp3) is 0.381. The van der Waals surface area contributed by atoms with E-state index in [-0.39, 0.29) is 0 Å². The molecule has 2 aromatic carbocycles. The Hall–Kier alpha value is -1.93. The molecule has 29 heavy (non-hydrogen) atoms. The number of halogens is 1. The summed E-state index contributed by atoms with van der Waals surface area (Å²) in [5.41, 5.74) is 7.53. The van der Waals surface area contributed by atoms with Crippen molar-refractivity contribution in [2.24, 2.45) is 5.73 Å². The van der Waals surface area contributed by atoms with E-state index in [0.29, 0.717) is 36.1 Å². The van der Waals surface area contributed by atoms with E-state index >= 15 is 0 Å². The maximum absolute atomic E-state index is 13.0. The second-order valence-corrected chi connectivity index (χ2v) is 9.56. The third-order valence-electron chi connectivity index (χ3n) is 5.19. The van der Waals surface area contributed by atoms with Crippen molar-refractivity contribution in [2.45, 2.75) is 30.7 Å². The third kappa shape index (κ3) is 4.98. The van der Waals surface area contributed by atoms with E-state index in [1.54, 1.807) is 36.4 Å². The highest BCUT2D eigenvalue weighted by atomic mass is 35.5. The first-order valence-corrected chi connectivity index (χ1v) is 11.5. The average molecular weight is 436 g/mol. The lowest BCUT2D eigenvalue weighted by Gasteiger charge is -2.37. The molecule has 1 amide bonds. The smallest absolute Gasteiger partial charge is 0.243 e. The van der Waals surface area contributed by atoms with Gasteiger partial charge < -0.3 is 5.73 Å². The zero-order valence-electron chi connectivity index (χ0n) is 16.4. The second-order valence-electron chi connectivity index (χ2n) is 7.19. The minimum Gasteiger partial charge on any atom is -0.368 e. The fourth-order valence-electron chi connectivity index (χ4n) is 3.67. The first-order chi connectivity index (χ1) is 13.8. The molecule has 0 aromatic heterocycles. The van der Waals surface area contributed by atoms with Crippen LogP contribution in [-0.4, -0.2) is 49.7 Å². The molecule has 1 atom stereocenters. The summed E-state index contributed by atoms with van der Waals surface area (Å²) < 4.78 is 27.4. The average Bonchev–Trinajstić information content (AvgIpc) is 2.70. The summed E-state index contributed by atoms with van der Waals surface area (Å²) in [5, 5.41) is 0.581. The number of carbonyl (C=O) groups is 1. The molecule has 1 saturated heterocycles. The number of aryl methyl sites for hydroxylation is 1. The summed E-state index contributed by atoms with van der Waals surface area (Å²) in [4.78, 5) is 14.3. The maximum Gasteiger partial charge on any atom is 0.243 e. The number of nitrogens with two attached hydrogens (primary N) is 1. The molecule has 156 valence electrons. The maximum atomic E-state index is 13.0. The molecule has 0 aliphatic carbocycles. The molecule has 0 spiro atoms. The molecule has 0 unspecified atom stereocenters. The van der Waals surface area contributed by atoms with Crippen molar-refractivity contribution in [3.8, 4) is 0 Å². The molecule has 2 N–H and O–H groups in total. The van der Waals surface area contributed by atoms with E-state index in [1.807, 2.05) is 17.0 Å². The van der Waals surface area contributed by atoms with Crippen LogP contribution in [0.3, 0.4) is 0 Å². The van der Waals surface area contributed by atoms with Crippen LogP contribution in [0.5, 0.6) is 0 Å². The van der Waals surface area contributed by atoms with E-state index in [1.165, 1.54) is 4.31 Å². The van der Waals surface area contributed by atoms with Crippen LogP contribution in [0.1, 0.15) is 30.5 Å². The molecule has 3 rings (SSSR count). The third-order valence-corrected chi connectivity index (χ3v) is 7.36. The predicted octanol–water partition coefficient (Wildman–Crippen LogP) is 2.83. The topological polar surface area (TPSA) is 83.7 Å². The van der Waals surface area contributed by atoms with Crippen LogP contribution in [0.4, 0.5) is 0 Å². The minimum absolute atomic E-state index is 0.301. The van der Waals surface area contributed by atoms with Crippen molar-refractivity contribution < 1.29 is 13.2 Å². The molecule has 1 fully saturated rings. The second kappa shape index (κ2) is 9.26. The van der Waals surface area contributed by atoms with E-state index in [4.69, 9.17) is 17.3 Å². The Balaban J connectivity index is 1.71. The van der Waals surface area contributed by atoms with Crippen LogP contribution in [0.25, 0.3) is 0 Å². The molecule has 1 aliphatic heterocycles. The van der Waals surface area contributed by atoms with Crippen molar-refractivity contribution >= 4 is 27.5 Å². The molecular formula is C21H26ClN3O3S. The van der Waals surface area contributed by atoms with Gasteiger partial charge in [0, 0.05) is 31.2 Å². The number of carbonyl (C=O) groups excluding carboxylic acids is 1. The Morgan fingerprint density at radius 3 is 2.14 bits per heavy atom. The van der Waals surface area contributed by atoms with Crippen LogP contribution < -0.4 is 5.73 Å². The number of sulfonamides is 1. The fourth-order valence-corrected chi connectivity index (χ4v) is 5.22. The summed E-state index contributed by atoms with van der Waals surface area (Å²) in [6.45, 7) is 3.53. The monoisotopic (exact) mass is 435 g/mol. The molecular weight excluding hydrogens is 410 g/mol. The lowest BCUT2D eigenvalue weighted by atomic mass is 10.0. The van der Waals surface area contributed by atoms with Crippen molar-refractivity contribution in [3.05, 3.63) is 64.7 Å². The highest BCUT2D eigenvalue weighted by Crippen LogP contribution is 2.26. The normalized spacial score (nSPS) is 17.2. The van der Waals surface area contributed by atoms with Crippen molar-refractivity contribution in [2.75, 3.05) is 26.2 Å². The number of hydrogen-bond donors (Lipinski definition) is 1.